The molecule has 0 heterocycles. The topological polar surface area (TPSA) is 105 Å². The Morgan fingerprint density at radius 2 is 0.972 bits per heavy atom. The zero-order chi connectivity index (χ0) is 25.7. The third-order valence-corrected chi connectivity index (χ3v) is 6.23. The van der Waals surface area contributed by atoms with E-state index in [1.807, 2.05) is 48.5 Å². The van der Waals surface area contributed by atoms with E-state index in [-0.39, 0.29) is 34.1 Å². The van der Waals surface area contributed by atoms with Gasteiger partial charge >= 0.3 is 0 Å². The number of benzene rings is 2. The second-order valence-corrected chi connectivity index (χ2v) is 8.89. The molecule has 4 rings (SSSR count). The number of ketones is 2. The molecule has 0 bridgehead atoms. The lowest BCUT2D eigenvalue weighted by Gasteiger charge is -2.25. The third-order valence-electron chi connectivity index (χ3n) is 6.23. The van der Waals surface area contributed by atoms with E-state index in [9.17, 15) is 9.59 Å². The van der Waals surface area contributed by atoms with Gasteiger partial charge in [0.05, 0.1) is 24.4 Å². The lowest BCUT2D eigenvalue weighted by atomic mass is 9.78. The van der Waals surface area contributed by atoms with Gasteiger partial charge in [-0.3, -0.25) is 9.59 Å². The van der Waals surface area contributed by atoms with Crippen LogP contribution in [0.15, 0.2) is 83.2 Å². The van der Waals surface area contributed by atoms with E-state index in [1.54, 1.807) is 12.2 Å². The molecule has 0 saturated heterocycles. The first-order valence-electron chi connectivity index (χ1n) is 12.4. The van der Waals surface area contributed by atoms with Gasteiger partial charge < -0.3 is 20.9 Å². The molecule has 2 aliphatic rings. The van der Waals surface area contributed by atoms with Crippen LogP contribution in [0.1, 0.15) is 50.7 Å². The van der Waals surface area contributed by atoms with E-state index in [2.05, 4.69) is 13.8 Å². The number of rotatable bonds is 10. The monoisotopic (exact) mass is 484 g/mol. The SMILES string of the molecule is CCCCOc1ccc(C2=CC(N)=C3C(=O)C(c4ccc(OCCCC)cc4)=CC(N)=C3C2=O)cc1. The van der Waals surface area contributed by atoms with Crippen LogP contribution in [0.25, 0.3) is 11.1 Å². The number of Topliss-reactive ketones (excluding diaryl/α,β-unsaturated/α-hetero) is 2. The summed E-state index contributed by atoms with van der Waals surface area (Å²) in [5, 5.41) is 0. The molecule has 6 heteroatoms. The molecule has 0 amide bonds. The smallest absolute Gasteiger partial charge is 0.196 e. The summed E-state index contributed by atoms with van der Waals surface area (Å²) in [6, 6.07) is 14.6. The predicted molar refractivity (Wildman–Crippen MR) is 142 cm³/mol. The highest BCUT2D eigenvalue weighted by Gasteiger charge is 2.36. The molecule has 0 saturated carbocycles. The number of allylic oxidation sites excluding steroid dienone is 6. The largest absolute Gasteiger partial charge is 0.494 e. The minimum Gasteiger partial charge on any atom is -0.494 e. The van der Waals surface area contributed by atoms with Gasteiger partial charge in [0, 0.05) is 22.5 Å². The van der Waals surface area contributed by atoms with Gasteiger partial charge in [-0.1, -0.05) is 51.0 Å². The summed E-state index contributed by atoms with van der Waals surface area (Å²) < 4.78 is 11.4. The van der Waals surface area contributed by atoms with Crippen LogP contribution in [-0.2, 0) is 9.59 Å². The van der Waals surface area contributed by atoms with Crippen molar-refractivity contribution in [3.8, 4) is 11.5 Å². The summed E-state index contributed by atoms with van der Waals surface area (Å²) in [6.07, 6.45) is 7.18. The van der Waals surface area contributed by atoms with E-state index in [0.29, 0.717) is 35.5 Å². The van der Waals surface area contributed by atoms with E-state index in [1.165, 1.54) is 0 Å². The van der Waals surface area contributed by atoms with Gasteiger partial charge in [-0.15, -0.1) is 0 Å². The second-order valence-electron chi connectivity index (χ2n) is 8.89. The number of hydrogen-bond acceptors (Lipinski definition) is 6. The summed E-state index contributed by atoms with van der Waals surface area (Å²) in [7, 11) is 0. The lowest BCUT2D eigenvalue weighted by molar-refractivity contribution is -0.113. The maximum atomic E-state index is 13.4. The summed E-state index contributed by atoms with van der Waals surface area (Å²) in [5.74, 6) is 0.835. The van der Waals surface area contributed by atoms with Crippen molar-refractivity contribution in [2.45, 2.75) is 39.5 Å². The van der Waals surface area contributed by atoms with Gasteiger partial charge in [0.2, 0.25) is 0 Å². The van der Waals surface area contributed by atoms with Crippen molar-refractivity contribution in [1.82, 2.24) is 0 Å². The Morgan fingerprint density at radius 1 is 0.611 bits per heavy atom. The van der Waals surface area contributed by atoms with Gasteiger partial charge in [0.15, 0.2) is 11.6 Å². The molecule has 36 heavy (non-hydrogen) atoms. The van der Waals surface area contributed by atoms with Gasteiger partial charge in [-0.25, -0.2) is 0 Å². The van der Waals surface area contributed by atoms with Gasteiger partial charge in [-0.2, -0.15) is 0 Å². The molecular weight excluding hydrogens is 452 g/mol. The van der Waals surface area contributed by atoms with Crippen LogP contribution in [-0.4, -0.2) is 24.8 Å². The molecule has 2 aliphatic carbocycles. The Balaban J connectivity index is 1.60. The van der Waals surface area contributed by atoms with Crippen LogP contribution >= 0.6 is 0 Å². The van der Waals surface area contributed by atoms with Crippen LogP contribution < -0.4 is 20.9 Å². The fourth-order valence-corrected chi connectivity index (χ4v) is 4.19. The van der Waals surface area contributed by atoms with E-state index < -0.39 is 0 Å². The van der Waals surface area contributed by atoms with Crippen molar-refractivity contribution in [2.24, 2.45) is 11.5 Å². The van der Waals surface area contributed by atoms with E-state index in [4.69, 9.17) is 20.9 Å². The van der Waals surface area contributed by atoms with Crippen molar-refractivity contribution in [1.29, 1.82) is 0 Å². The molecule has 0 fully saturated rings. The molecule has 0 radical (unpaired) electrons. The Hall–Kier alpha value is -4.06. The maximum Gasteiger partial charge on any atom is 0.196 e. The van der Waals surface area contributed by atoms with Crippen molar-refractivity contribution >= 4 is 22.7 Å². The Morgan fingerprint density at radius 3 is 1.31 bits per heavy atom. The summed E-state index contributed by atoms with van der Waals surface area (Å²) in [4.78, 5) is 26.9. The first-order valence-corrected chi connectivity index (χ1v) is 12.4. The number of fused-ring (bicyclic) bond motifs is 1. The highest BCUT2D eigenvalue weighted by molar-refractivity contribution is 6.42. The van der Waals surface area contributed by atoms with E-state index >= 15 is 0 Å². The van der Waals surface area contributed by atoms with Crippen molar-refractivity contribution in [3.63, 3.8) is 0 Å². The molecule has 0 aromatic heterocycles. The molecule has 4 N–H and O–H groups in total. The fourth-order valence-electron chi connectivity index (χ4n) is 4.19. The van der Waals surface area contributed by atoms with Gasteiger partial charge in [0.25, 0.3) is 0 Å². The van der Waals surface area contributed by atoms with E-state index in [0.717, 1.165) is 37.2 Å². The Labute approximate surface area is 212 Å². The third kappa shape index (κ3) is 5.13. The van der Waals surface area contributed by atoms with Crippen LogP contribution in [0.2, 0.25) is 0 Å². The number of carbonyl (C=O) groups is 2. The standard InChI is InChI=1S/C30H32N2O4/c1-3-5-15-35-21-11-7-19(8-12-21)23-17-25(31)28-27(29(23)33)26(32)18-24(30(28)34)20-9-13-22(14-10-20)36-16-6-4-2/h7-14,17-18H,3-6,15-16,31-32H2,1-2H3. The van der Waals surface area contributed by atoms with Crippen molar-refractivity contribution < 1.29 is 19.1 Å². The van der Waals surface area contributed by atoms with Gasteiger partial charge in [0.1, 0.15) is 11.5 Å². The predicted octanol–water partition coefficient (Wildman–Crippen LogP) is 5.10. The van der Waals surface area contributed by atoms with Crippen LogP contribution in [0.4, 0.5) is 0 Å². The molecule has 0 unspecified atom stereocenters. The first-order chi connectivity index (χ1) is 17.4. The molecule has 6 nitrogen and oxygen atoms in total. The number of nitrogens with two attached hydrogens (primary N) is 2. The fraction of sp³-hybridized carbons (Fsp3) is 0.267. The maximum absolute atomic E-state index is 13.4. The lowest BCUT2D eigenvalue weighted by Crippen LogP contribution is -2.28. The molecular formula is C30H32N2O4. The minimum absolute atomic E-state index is 0.154. The normalized spacial score (nSPS) is 15.5. The molecule has 2 aromatic rings. The molecule has 186 valence electrons. The second kappa shape index (κ2) is 11.1. The van der Waals surface area contributed by atoms with Crippen LogP contribution in [0.3, 0.4) is 0 Å². The summed E-state index contributed by atoms with van der Waals surface area (Å²) in [6.45, 7) is 5.50. The average molecular weight is 485 g/mol. The van der Waals surface area contributed by atoms with Crippen molar-refractivity contribution in [2.75, 3.05) is 13.2 Å². The first kappa shape index (κ1) is 25.0. The highest BCUT2D eigenvalue weighted by atomic mass is 16.5. The Bertz CT molecular complexity index is 1180. The Kier molecular flexibility index (Phi) is 7.74. The average Bonchev–Trinajstić information content (AvgIpc) is 2.88. The molecule has 0 aliphatic heterocycles. The number of hydrogen-bond donors (Lipinski definition) is 2. The quantitative estimate of drug-likeness (QED) is 0.455. The minimum atomic E-state index is -0.320. The number of ether oxygens (including phenoxy) is 2. The highest BCUT2D eigenvalue weighted by Crippen LogP contribution is 2.38. The molecule has 0 atom stereocenters. The zero-order valence-electron chi connectivity index (χ0n) is 20.8. The van der Waals surface area contributed by atoms with Gasteiger partial charge in [-0.05, 0) is 60.4 Å². The van der Waals surface area contributed by atoms with Crippen LogP contribution in [0.5, 0.6) is 11.5 Å². The molecule has 0 spiro atoms. The molecule has 2 aromatic carbocycles. The van der Waals surface area contributed by atoms with Crippen molar-refractivity contribution in [3.05, 3.63) is 94.4 Å². The summed E-state index contributed by atoms with van der Waals surface area (Å²) in [5.41, 5.74) is 15.6. The number of unbranched alkanes of at least 4 members (excludes halogenated alkanes) is 2. The zero-order valence-corrected chi connectivity index (χ0v) is 20.8. The number of carbonyl (C=O) groups excluding carboxylic acids is 2. The van der Waals surface area contributed by atoms with Crippen LogP contribution in [0, 0.1) is 0 Å². The summed E-state index contributed by atoms with van der Waals surface area (Å²) >= 11 is 0.